The van der Waals surface area contributed by atoms with E-state index in [-0.39, 0.29) is 30.5 Å². The first-order valence-corrected chi connectivity index (χ1v) is 6.94. The van der Waals surface area contributed by atoms with Crippen LogP contribution in [0.2, 0.25) is 0 Å². The molecule has 2 unspecified atom stereocenters. The number of aliphatic hydroxyl groups is 1. The summed E-state index contributed by atoms with van der Waals surface area (Å²) in [6, 6.07) is 9.12. The summed E-state index contributed by atoms with van der Waals surface area (Å²) < 4.78 is 0. The second-order valence-corrected chi connectivity index (χ2v) is 5.21. The van der Waals surface area contributed by atoms with Crippen molar-refractivity contribution in [2.75, 3.05) is 6.61 Å². The number of benzene rings is 1. The minimum atomic E-state index is -0.345. The maximum absolute atomic E-state index is 12.2. The van der Waals surface area contributed by atoms with Crippen molar-refractivity contribution in [3.05, 3.63) is 35.9 Å². The van der Waals surface area contributed by atoms with E-state index in [9.17, 15) is 9.90 Å². The third kappa shape index (κ3) is 3.55. The number of amides is 1. The summed E-state index contributed by atoms with van der Waals surface area (Å²) in [6.07, 6.45) is 3.92. The molecule has 1 aliphatic rings. The van der Waals surface area contributed by atoms with E-state index in [4.69, 9.17) is 5.73 Å². The molecule has 19 heavy (non-hydrogen) atoms. The van der Waals surface area contributed by atoms with Crippen LogP contribution < -0.4 is 11.1 Å². The van der Waals surface area contributed by atoms with Crippen LogP contribution in [-0.2, 0) is 4.79 Å². The summed E-state index contributed by atoms with van der Waals surface area (Å²) in [6.45, 7) is -0.0995. The molecule has 1 amide bonds. The van der Waals surface area contributed by atoms with Crippen molar-refractivity contribution in [3.63, 3.8) is 0 Å². The predicted molar refractivity (Wildman–Crippen MR) is 74.3 cm³/mol. The largest absolute Gasteiger partial charge is 0.394 e. The van der Waals surface area contributed by atoms with E-state index in [0.717, 1.165) is 31.2 Å². The van der Waals surface area contributed by atoms with Gasteiger partial charge in [-0.25, -0.2) is 0 Å². The lowest BCUT2D eigenvalue weighted by atomic mass is 9.84. The van der Waals surface area contributed by atoms with Crippen LogP contribution in [0.15, 0.2) is 30.3 Å². The molecule has 1 aromatic carbocycles. The van der Waals surface area contributed by atoms with Crippen LogP contribution in [-0.4, -0.2) is 23.7 Å². The average molecular weight is 262 g/mol. The van der Waals surface area contributed by atoms with Gasteiger partial charge in [-0.05, 0) is 18.4 Å². The minimum absolute atomic E-state index is 0.0323. The molecule has 104 valence electrons. The van der Waals surface area contributed by atoms with Crippen molar-refractivity contribution in [2.24, 2.45) is 11.7 Å². The topological polar surface area (TPSA) is 75.4 Å². The average Bonchev–Trinajstić information content (AvgIpc) is 2.46. The van der Waals surface area contributed by atoms with Crippen LogP contribution >= 0.6 is 0 Å². The fraction of sp³-hybridized carbons (Fsp3) is 0.533. The second-order valence-electron chi connectivity index (χ2n) is 5.21. The second kappa shape index (κ2) is 6.68. The molecule has 4 N–H and O–H groups in total. The van der Waals surface area contributed by atoms with Crippen molar-refractivity contribution in [1.82, 2.24) is 5.32 Å². The van der Waals surface area contributed by atoms with Crippen molar-refractivity contribution in [3.8, 4) is 0 Å². The Morgan fingerprint density at radius 2 is 2.00 bits per heavy atom. The SMILES string of the molecule is NC1CCCCC1C(=O)N[C@H](CO)c1ccccc1. The number of rotatable bonds is 4. The van der Waals surface area contributed by atoms with Gasteiger partial charge < -0.3 is 16.2 Å². The zero-order valence-corrected chi connectivity index (χ0v) is 11.1. The molecule has 0 spiro atoms. The molecule has 0 aromatic heterocycles. The number of carbonyl (C=O) groups is 1. The maximum Gasteiger partial charge on any atom is 0.225 e. The summed E-state index contributed by atoms with van der Waals surface area (Å²) in [5, 5.41) is 12.4. The number of carbonyl (C=O) groups excluding carboxylic acids is 1. The highest BCUT2D eigenvalue weighted by Gasteiger charge is 2.29. The first kappa shape index (κ1) is 14.0. The number of hydrogen-bond acceptors (Lipinski definition) is 3. The molecule has 0 radical (unpaired) electrons. The van der Waals surface area contributed by atoms with E-state index < -0.39 is 0 Å². The van der Waals surface area contributed by atoms with E-state index >= 15 is 0 Å². The molecule has 2 rings (SSSR count). The van der Waals surface area contributed by atoms with Gasteiger partial charge in [0, 0.05) is 6.04 Å². The van der Waals surface area contributed by atoms with Gasteiger partial charge in [-0.2, -0.15) is 0 Å². The fourth-order valence-corrected chi connectivity index (χ4v) is 2.68. The molecule has 1 fully saturated rings. The molecule has 1 aromatic rings. The van der Waals surface area contributed by atoms with Crippen LogP contribution in [0.1, 0.15) is 37.3 Å². The Labute approximate surface area is 114 Å². The number of aliphatic hydroxyl groups excluding tert-OH is 1. The molecular weight excluding hydrogens is 240 g/mol. The minimum Gasteiger partial charge on any atom is -0.394 e. The zero-order valence-electron chi connectivity index (χ0n) is 11.1. The predicted octanol–water partition coefficient (Wildman–Crippen LogP) is 1.35. The molecule has 4 nitrogen and oxygen atoms in total. The Kier molecular flexibility index (Phi) is 4.93. The Morgan fingerprint density at radius 1 is 1.32 bits per heavy atom. The molecular formula is C15H22N2O2. The molecule has 4 heteroatoms. The highest BCUT2D eigenvalue weighted by atomic mass is 16.3. The van der Waals surface area contributed by atoms with Crippen LogP contribution in [0.25, 0.3) is 0 Å². The van der Waals surface area contributed by atoms with Crippen LogP contribution in [0, 0.1) is 5.92 Å². The fourth-order valence-electron chi connectivity index (χ4n) is 2.68. The Balaban J connectivity index is 2.00. The van der Waals surface area contributed by atoms with Crippen LogP contribution in [0.5, 0.6) is 0 Å². The smallest absolute Gasteiger partial charge is 0.225 e. The van der Waals surface area contributed by atoms with Gasteiger partial charge in [-0.15, -0.1) is 0 Å². The van der Waals surface area contributed by atoms with E-state index in [1.54, 1.807) is 0 Å². The highest BCUT2D eigenvalue weighted by molar-refractivity contribution is 5.80. The van der Waals surface area contributed by atoms with Gasteiger partial charge in [-0.1, -0.05) is 43.2 Å². The number of nitrogens with two attached hydrogens (primary N) is 1. The van der Waals surface area contributed by atoms with Crippen molar-refractivity contribution in [1.29, 1.82) is 0 Å². The lowest BCUT2D eigenvalue weighted by Gasteiger charge is -2.29. The summed E-state index contributed by atoms with van der Waals surface area (Å²) >= 11 is 0. The first-order chi connectivity index (χ1) is 9.22. The van der Waals surface area contributed by atoms with Gasteiger partial charge in [-0.3, -0.25) is 4.79 Å². The highest BCUT2D eigenvalue weighted by Crippen LogP contribution is 2.24. The zero-order chi connectivity index (χ0) is 13.7. The lowest BCUT2D eigenvalue weighted by Crippen LogP contribution is -2.45. The van der Waals surface area contributed by atoms with Crippen LogP contribution in [0.3, 0.4) is 0 Å². The number of nitrogens with one attached hydrogen (secondary N) is 1. The molecule has 1 saturated carbocycles. The summed E-state index contributed by atoms with van der Waals surface area (Å²) in [5.41, 5.74) is 6.93. The van der Waals surface area contributed by atoms with E-state index in [0.29, 0.717) is 0 Å². The quantitative estimate of drug-likeness (QED) is 0.766. The maximum atomic E-state index is 12.2. The molecule has 3 atom stereocenters. The molecule has 0 aliphatic heterocycles. The summed E-state index contributed by atoms with van der Waals surface area (Å²) in [7, 11) is 0. The van der Waals surface area contributed by atoms with E-state index in [1.807, 2.05) is 30.3 Å². The number of hydrogen-bond donors (Lipinski definition) is 3. The summed E-state index contributed by atoms with van der Waals surface area (Å²) in [5.74, 6) is -0.151. The monoisotopic (exact) mass is 262 g/mol. The van der Waals surface area contributed by atoms with Gasteiger partial charge in [0.15, 0.2) is 0 Å². The van der Waals surface area contributed by atoms with Crippen molar-refractivity contribution < 1.29 is 9.90 Å². The van der Waals surface area contributed by atoms with Gasteiger partial charge >= 0.3 is 0 Å². The first-order valence-electron chi connectivity index (χ1n) is 6.94. The molecule has 0 bridgehead atoms. The Morgan fingerprint density at radius 3 is 2.63 bits per heavy atom. The van der Waals surface area contributed by atoms with Gasteiger partial charge in [0.1, 0.15) is 0 Å². The third-order valence-corrected chi connectivity index (χ3v) is 3.86. The van der Waals surface area contributed by atoms with E-state index in [1.165, 1.54) is 0 Å². The summed E-state index contributed by atoms with van der Waals surface area (Å²) in [4.78, 5) is 12.2. The Hall–Kier alpha value is -1.39. The standard InChI is InChI=1S/C15H22N2O2/c16-13-9-5-4-8-12(13)15(19)17-14(10-18)11-6-2-1-3-7-11/h1-3,6-7,12-14,18H,4-5,8-10,16H2,(H,17,19)/t12?,13?,14-/m1/s1. The van der Waals surface area contributed by atoms with Crippen LogP contribution in [0.4, 0.5) is 0 Å². The van der Waals surface area contributed by atoms with E-state index in [2.05, 4.69) is 5.32 Å². The normalized spacial score (nSPS) is 24.7. The van der Waals surface area contributed by atoms with Crippen molar-refractivity contribution >= 4 is 5.91 Å². The molecule has 0 heterocycles. The van der Waals surface area contributed by atoms with Crippen molar-refractivity contribution in [2.45, 2.75) is 37.8 Å². The molecule has 1 aliphatic carbocycles. The Bertz CT molecular complexity index is 408. The van der Waals surface area contributed by atoms with Gasteiger partial charge in [0.2, 0.25) is 5.91 Å². The lowest BCUT2D eigenvalue weighted by molar-refractivity contribution is -0.127. The third-order valence-electron chi connectivity index (χ3n) is 3.86. The van der Waals surface area contributed by atoms with Gasteiger partial charge in [0.05, 0.1) is 18.6 Å². The molecule has 0 saturated heterocycles. The van der Waals surface area contributed by atoms with Gasteiger partial charge in [0.25, 0.3) is 0 Å².